The number of carbonyl (C=O) groups excluding carboxylic acids is 1. The van der Waals surface area contributed by atoms with Crippen molar-refractivity contribution in [2.24, 2.45) is 0 Å². The number of ether oxygens (including phenoxy) is 4. The second-order valence-electron chi connectivity index (χ2n) is 17.2. The Hall–Kier alpha value is -1.53. The van der Waals surface area contributed by atoms with Crippen molar-refractivity contribution >= 4 is 5.91 Å². The van der Waals surface area contributed by atoms with Crippen LogP contribution in [0.2, 0.25) is 0 Å². The Morgan fingerprint density at radius 1 is 0.574 bits per heavy atom. The minimum absolute atomic E-state index is 0.252. The lowest BCUT2D eigenvalue weighted by molar-refractivity contribution is -0.359. The van der Waals surface area contributed by atoms with E-state index < -0.39 is 86.8 Å². The summed E-state index contributed by atoms with van der Waals surface area (Å²) >= 11 is 0. The number of hydrogen-bond acceptors (Lipinski definition) is 13. The molecule has 0 bridgehead atoms. The van der Waals surface area contributed by atoms with Crippen LogP contribution in [-0.4, -0.2) is 140 Å². The van der Waals surface area contributed by atoms with Gasteiger partial charge in [-0.15, -0.1) is 0 Å². The Kier molecular flexibility index (Phi) is 31.7. The first-order valence-corrected chi connectivity index (χ1v) is 24.1. The monoisotopic (exact) mass is 874 g/mol. The molecule has 14 heteroatoms. The summed E-state index contributed by atoms with van der Waals surface area (Å²) in [5.41, 5.74) is 0. The molecule has 358 valence electrons. The van der Waals surface area contributed by atoms with E-state index in [1.807, 2.05) is 6.08 Å². The molecule has 0 aromatic heterocycles. The molecule has 2 heterocycles. The second-order valence-corrected chi connectivity index (χ2v) is 17.2. The summed E-state index contributed by atoms with van der Waals surface area (Å²) in [6, 6.07) is -0.914. The number of aliphatic hydroxyl groups is 8. The smallest absolute Gasteiger partial charge is 0.220 e. The molecule has 2 saturated heterocycles. The fraction of sp³-hybridized carbons (Fsp3) is 0.894. The molecule has 12 atom stereocenters. The van der Waals surface area contributed by atoms with Gasteiger partial charge in [-0.05, 0) is 38.5 Å². The first kappa shape index (κ1) is 55.6. The molecule has 0 radical (unpaired) electrons. The normalized spacial score (nSPS) is 28.2. The SMILES string of the molecule is CCCC/C=C\CCCCCCCC(=O)NC(COC1OC(CO)C(OC2OC(CO)C(O)C(O)C2O)C(O)C1O)C(O)/C=C/CCCCCCCCCCCCCCCC. The maximum Gasteiger partial charge on any atom is 0.220 e. The topological polar surface area (TPSA) is 228 Å². The van der Waals surface area contributed by atoms with E-state index in [1.165, 1.54) is 89.9 Å². The number of aliphatic hydroxyl groups excluding tert-OH is 8. The summed E-state index contributed by atoms with van der Waals surface area (Å²) in [4.78, 5) is 13.1. The van der Waals surface area contributed by atoms with Crippen molar-refractivity contribution in [3.05, 3.63) is 24.3 Å². The molecular formula is C47H87NO13. The van der Waals surface area contributed by atoms with Gasteiger partial charge in [-0.2, -0.15) is 0 Å². The van der Waals surface area contributed by atoms with Gasteiger partial charge >= 0.3 is 0 Å². The van der Waals surface area contributed by atoms with Gasteiger partial charge in [0.25, 0.3) is 0 Å². The van der Waals surface area contributed by atoms with E-state index in [4.69, 9.17) is 18.9 Å². The number of allylic oxidation sites excluding steroid dienone is 3. The average molecular weight is 874 g/mol. The van der Waals surface area contributed by atoms with E-state index in [9.17, 15) is 45.6 Å². The lowest BCUT2D eigenvalue weighted by Gasteiger charge is -2.46. The molecule has 0 aliphatic carbocycles. The molecule has 2 aliphatic heterocycles. The second kappa shape index (κ2) is 34.8. The zero-order valence-corrected chi connectivity index (χ0v) is 37.7. The molecule has 0 saturated carbocycles. The Morgan fingerprint density at radius 2 is 1.05 bits per heavy atom. The molecule has 12 unspecified atom stereocenters. The van der Waals surface area contributed by atoms with Crippen LogP contribution in [0.5, 0.6) is 0 Å². The molecule has 14 nitrogen and oxygen atoms in total. The Labute approximate surface area is 367 Å². The van der Waals surface area contributed by atoms with Crippen molar-refractivity contribution in [2.75, 3.05) is 19.8 Å². The molecule has 61 heavy (non-hydrogen) atoms. The lowest BCUT2D eigenvalue weighted by atomic mass is 9.97. The molecule has 2 fully saturated rings. The number of unbranched alkanes of at least 4 members (excludes halogenated alkanes) is 21. The third-order valence-corrected chi connectivity index (χ3v) is 11.9. The summed E-state index contributed by atoms with van der Waals surface area (Å²) in [5.74, 6) is -0.252. The predicted molar refractivity (Wildman–Crippen MR) is 235 cm³/mol. The van der Waals surface area contributed by atoms with Crippen LogP contribution in [0.15, 0.2) is 24.3 Å². The number of nitrogens with one attached hydrogen (secondary N) is 1. The lowest BCUT2D eigenvalue weighted by Crippen LogP contribution is -2.65. The van der Waals surface area contributed by atoms with Crippen LogP contribution >= 0.6 is 0 Å². The standard InChI is InChI=1S/C47H87NO13/c1-3-5-7-9-11-13-15-16-17-18-19-21-22-24-26-28-30-36(51)35(48-39(52)31-29-27-25-23-20-14-12-10-8-6-4-2)34-58-46-44(57)42(55)45(38(33-50)60-46)61-47-43(56)41(54)40(53)37(32-49)59-47/h10,12,28,30,35-38,40-47,49-51,53-57H,3-9,11,13-27,29,31-34H2,1-2H3,(H,48,52)/b12-10-,30-28+. The van der Waals surface area contributed by atoms with Gasteiger partial charge in [0.15, 0.2) is 12.6 Å². The van der Waals surface area contributed by atoms with Crippen LogP contribution in [-0.2, 0) is 23.7 Å². The first-order valence-electron chi connectivity index (χ1n) is 24.1. The van der Waals surface area contributed by atoms with Gasteiger partial charge in [-0.1, -0.05) is 154 Å². The third kappa shape index (κ3) is 22.8. The van der Waals surface area contributed by atoms with Gasteiger partial charge in [-0.25, -0.2) is 0 Å². The van der Waals surface area contributed by atoms with Crippen LogP contribution in [0.1, 0.15) is 174 Å². The van der Waals surface area contributed by atoms with Crippen molar-refractivity contribution in [1.82, 2.24) is 5.32 Å². The Bertz CT molecular complexity index is 1130. The molecule has 2 aliphatic rings. The van der Waals surface area contributed by atoms with Crippen molar-refractivity contribution in [1.29, 1.82) is 0 Å². The molecule has 1 amide bonds. The quantitative estimate of drug-likeness (QED) is 0.0285. The van der Waals surface area contributed by atoms with Crippen LogP contribution in [0.3, 0.4) is 0 Å². The fourth-order valence-electron chi connectivity index (χ4n) is 7.86. The largest absolute Gasteiger partial charge is 0.394 e. The molecular weight excluding hydrogens is 787 g/mol. The van der Waals surface area contributed by atoms with E-state index >= 15 is 0 Å². The van der Waals surface area contributed by atoms with E-state index in [2.05, 4.69) is 31.3 Å². The summed E-state index contributed by atoms with van der Waals surface area (Å²) in [6.07, 6.45) is 19.4. The zero-order chi connectivity index (χ0) is 44.7. The average Bonchev–Trinajstić information content (AvgIpc) is 3.26. The molecule has 2 rings (SSSR count). The van der Waals surface area contributed by atoms with Gasteiger partial charge in [0.1, 0.15) is 48.8 Å². The van der Waals surface area contributed by atoms with Gasteiger partial charge in [0.05, 0.1) is 32.0 Å². The number of hydrogen-bond donors (Lipinski definition) is 9. The van der Waals surface area contributed by atoms with Crippen molar-refractivity contribution in [3.8, 4) is 0 Å². The molecule has 0 aromatic rings. The van der Waals surface area contributed by atoms with E-state index in [0.29, 0.717) is 6.42 Å². The van der Waals surface area contributed by atoms with Crippen molar-refractivity contribution < 1.29 is 64.6 Å². The van der Waals surface area contributed by atoms with E-state index in [-0.39, 0.29) is 18.9 Å². The summed E-state index contributed by atoms with van der Waals surface area (Å²) in [7, 11) is 0. The number of carbonyl (C=O) groups is 1. The van der Waals surface area contributed by atoms with Crippen molar-refractivity contribution in [3.63, 3.8) is 0 Å². The highest BCUT2D eigenvalue weighted by atomic mass is 16.7. The van der Waals surface area contributed by atoms with Crippen LogP contribution < -0.4 is 5.32 Å². The number of amides is 1. The van der Waals surface area contributed by atoms with Crippen LogP contribution in [0.25, 0.3) is 0 Å². The van der Waals surface area contributed by atoms with Crippen LogP contribution in [0, 0.1) is 0 Å². The Balaban J connectivity index is 1.88. The first-order chi connectivity index (χ1) is 29.6. The molecule has 0 aromatic carbocycles. The number of rotatable bonds is 36. The summed E-state index contributed by atoms with van der Waals surface area (Å²) < 4.78 is 22.6. The van der Waals surface area contributed by atoms with E-state index in [1.54, 1.807) is 6.08 Å². The maximum absolute atomic E-state index is 13.1. The van der Waals surface area contributed by atoms with Gasteiger partial charge in [0, 0.05) is 6.42 Å². The van der Waals surface area contributed by atoms with Gasteiger partial charge in [-0.3, -0.25) is 4.79 Å². The van der Waals surface area contributed by atoms with Gasteiger partial charge in [0.2, 0.25) is 5.91 Å². The minimum atomic E-state index is -1.79. The highest BCUT2D eigenvalue weighted by Crippen LogP contribution is 2.30. The highest BCUT2D eigenvalue weighted by molar-refractivity contribution is 5.76. The summed E-state index contributed by atoms with van der Waals surface area (Å²) in [5, 5.41) is 86.5. The third-order valence-electron chi connectivity index (χ3n) is 11.9. The molecule has 0 spiro atoms. The zero-order valence-electron chi connectivity index (χ0n) is 37.7. The maximum atomic E-state index is 13.1. The molecule has 9 N–H and O–H groups in total. The minimum Gasteiger partial charge on any atom is -0.394 e. The Morgan fingerprint density at radius 3 is 1.61 bits per heavy atom. The summed E-state index contributed by atoms with van der Waals surface area (Å²) in [6.45, 7) is 2.72. The highest BCUT2D eigenvalue weighted by Gasteiger charge is 2.51. The van der Waals surface area contributed by atoms with Crippen molar-refractivity contribution in [2.45, 2.75) is 248 Å². The van der Waals surface area contributed by atoms with Gasteiger partial charge < -0.3 is 65.1 Å². The fourth-order valence-corrected chi connectivity index (χ4v) is 7.86. The van der Waals surface area contributed by atoms with E-state index in [0.717, 1.165) is 57.8 Å². The predicted octanol–water partition coefficient (Wildman–Crippen LogP) is 5.38. The van der Waals surface area contributed by atoms with Crippen LogP contribution in [0.4, 0.5) is 0 Å².